The lowest BCUT2D eigenvalue weighted by molar-refractivity contribution is 0.149. The van der Waals surface area contributed by atoms with Crippen molar-refractivity contribution in [1.82, 2.24) is 20.2 Å². The second-order valence-electron chi connectivity index (χ2n) is 4.45. The highest BCUT2D eigenvalue weighted by Crippen LogP contribution is 2.31. The molecule has 1 unspecified atom stereocenters. The molecular formula is C12H16BrN5O. The SMILES string of the molecule is COCC(C)Cn1nnnc1-c1cccc(N)c1Br. The molecule has 2 rings (SSSR count). The van der Waals surface area contributed by atoms with Crippen molar-refractivity contribution in [3.63, 3.8) is 0 Å². The van der Waals surface area contributed by atoms with E-state index in [4.69, 9.17) is 10.5 Å². The number of aromatic nitrogens is 4. The van der Waals surface area contributed by atoms with Crippen molar-refractivity contribution >= 4 is 21.6 Å². The molecule has 0 spiro atoms. The molecule has 0 bridgehead atoms. The van der Waals surface area contributed by atoms with Crippen molar-refractivity contribution in [3.8, 4) is 11.4 Å². The molecule has 1 heterocycles. The van der Waals surface area contributed by atoms with Crippen molar-refractivity contribution in [2.45, 2.75) is 13.5 Å². The highest BCUT2D eigenvalue weighted by molar-refractivity contribution is 9.10. The summed E-state index contributed by atoms with van der Waals surface area (Å²) in [6, 6.07) is 5.64. The Labute approximate surface area is 120 Å². The second kappa shape index (κ2) is 6.12. The number of hydrogen-bond donors (Lipinski definition) is 1. The molecule has 1 aromatic carbocycles. The van der Waals surface area contributed by atoms with Gasteiger partial charge in [-0.25, -0.2) is 4.68 Å². The molecule has 0 amide bonds. The minimum Gasteiger partial charge on any atom is -0.398 e. The maximum Gasteiger partial charge on any atom is 0.183 e. The van der Waals surface area contributed by atoms with Gasteiger partial charge < -0.3 is 10.5 Å². The van der Waals surface area contributed by atoms with Crippen LogP contribution in [-0.2, 0) is 11.3 Å². The van der Waals surface area contributed by atoms with Crippen LogP contribution < -0.4 is 5.73 Å². The molecule has 1 aromatic heterocycles. The zero-order valence-electron chi connectivity index (χ0n) is 10.9. The fourth-order valence-electron chi connectivity index (χ4n) is 1.88. The maximum absolute atomic E-state index is 5.88. The first kappa shape index (κ1) is 14.0. The van der Waals surface area contributed by atoms with Crippen LogP contribution in [0.1, 0.15) is 6.92 Å². The van der Waals surface area contributed by atoms with E-state index in [2.05, 4.69) is 38.4 Å². The van der Waals surface area contributed by atoms with Crippen molar-refractivity contribution in [1.29, 1.82) is 0 Å². The van der Waals surface area contributed by atoms with Crippen molar-refractivity contribution in [2.75, 3.05) is 19.5 Å². The van der Waals surface area contributed by atoms with Gasteiger partial charge in [0.1, 0.15) is 0 Å². The molecule has 0 saturated heterocycles. The largest absolute Gasteiger partial charge is 0.398 e. The number of ether oxygens (including phenoxy) is 1. The predicted octanol–water partition coefficient (Wildman–Crippen LogP) is 1.97. The van der Waals surface area contributed by atoms with Crippen LogP contribution in [0.4, 0.5) is 5.69 Å². The van der Waals surface area contributed by atoms with Gasteiger partial charge in [0.2, 0.25) is 0 Å². The molecule has 19 heavy (non-hydrogen) atoms. The molecule has 6 nitrogen and oxygen atoms in total. The Bertz CT molecular complexity index is 557. The quantitative estimate of drug-likeness (QED) is 0.850. The standard InChI is InChI=1S/C12H16BrN5O/c1-8(7-19-2)6-18-12(15-16-17-18)9-4-3-5-10(14)11(9)13/h3-5,8H,6-7,14H2,1-2H3. The zero-order chi connectivity index (χ0) is 13.8. The van der Waals surface area contributed by atoms with Crippen LogP contribution in [-0.4, -0.2) is 33.9 Å². The lowest BCUT2D eigenvalue weighted by Gasteiger charge is -2.12. The summed E-state index contributed by atoms with van der Waals surface area (Å²) in [5.74, 6) is 1.02. The first-order valence-electron chi connectivity index (χ1n) is 5.93. The molecule has 0 radical (unpaired) electrons. The number of nitrogen functional groups attached to an aromatic ring is 1. The zero-order valence-corrected chi connectivity index (χ0v) is 12.5. The third kappa shape index (κ3) is 3.10. The molecule has 1 atom stereocenters. The smallest absolute Gasteiger partial charge is 0.183 e. The van der Waals surface area contributed by atoms with Crippen LogP contribution in [0.25, 0.3) is 11.4 Å². The topological polar surface area (TPSA) is 78.8 Å². The van der Waals surface area contributed by atoms with E-state index >= 15 is 0 Å². The summed E-state index contributed by atoms with van der Waals surface area (Å²) in [6.07, 6.45) is 0. The Morgan fingerprint density at radius 3 is 3.00 bits per heavy atom. The Morgan fingerprint density at radius 2 is 2.26 bits per heavy atom. The van der Waals surface area contributed by atoms with Gasteiger partial charge in [-0.3, -0.25) is 0 Å². The Kier molecular flexibility index (Phi) is 4.49. The predicted molar refractivity (Wildman–Crippen MR) is 76.4 cm³/mol. The van der Waals surface area contributed by atoms with Crippen LogP contribution in [0.15, 0.2) is 22.7 Å². The number of nitrogens with zero attached hydrogens (tertiary/aromatic N) is 4. The molecule has 2 N–H and O–H groups in total. The van der Waals surface area contributed by atoms with Crippen molar-refractivity contribution in [2.24, 2.45) is 5.92 Å². The van der Waals surface area contributed by atoms with E-state index in [9.17, 15) is 0 Å². The number of methoxy groups -OCH3 is 1. The molecule has 102 valence electrons. The van der Waals surface area contributed by atoms with Gasteiger partial charge >= 0.3 is 0 Å². The summed E-state index contributed by atoms with van der Waals surface area (Å²) >= 11 is 3.47. The van der Waals surface area contributed by atoms with Gasteiger partial charge in [0.05, 0.1) is 11.1 Å². The second-order valence-corrected chi connectivity index (χ2v) is 5.25. The van der Waals surface area contributed by atoms with Gasteiger partial charge in [-0.2, -0.15) is 0 Å². The first-order valence-corrected chi connectivity index (χ1v) is 6.72. The van der Waals surface area contributed by atoms with Gasteiger partial charge in [-0.15, -0.1) is 5.10 Å². The van der Waals surface area contributed by atoms with Gasteiger partial charge in [-0.05, 0) is 44.4 Å². The minimum atomic E-state index is 0.326. The van der Waals surface area contributed by atoms with Crippen LogP contribution >= 0.6 is 15.9 Å². The van der Waals surface area contributed by atoms with Gasteiger partial charge in [0.15, 0.2) is 5.82 Å². The maximum atomic E-state index is 5.88. The van der Waals surface area contributed by atoms with Gasteiger partial charge in [-0.1, -0.05) is 13.0 Å². The fraction of sp³-hybridized carbons (Fsp3) is 0.417. The Balaban J connectivity index is 2.31. The number of halogens is 1. The highest BCUT2D eigenvalue weighted by atomic mass is 79.9. The summed E-state index contributed by atoms with van der Waals surface area (Å²) in [5.41, 5.74) is 7.43. The summed E-state index contributed by atoms with van der Waals surface area (Å²) in [7, 11) is 1.69. The normalized spacial score (nSPS) is 12.6. The Hall–Kier alpha value is -1.47. The molecule has 7 heteroatoms. The molecular weight excluding hydrogens is 310 g/mol. The third-order valence-corrected chi connectivity index (χ3v) is 3.62. The number of benzene rings is 1. The highest BCUT2D eigenvalue weighted by Gasteiger charge is 2.15. The number of anilines is 1. The lowest BCUT2D eigenvalue weighted by Crippen LogP contribution is -2.15. The lowest BCUT2D eigenvalue weighted by atomic mass is 10.1. The van der Waals surface area contributed by atoms with Gasteiger partial charge in [0, 0.05) is 24.9 Å². The number of tetrazole rings is 1. The van der Waals surface area contributed by atoms with Crippen LogP contribution in [0.3, 0.4) is 0 Å². The summed E-state index contributed by atoms with van der Waals surface area (Å²) < 4.78 is 7.71. The summed E-state index contributed by atoms with van der Waals surface area (Å²) in [6.45, 7) is 3.44. The fourth-order valence-corrected chi connectivity index (χ4v) is 2.32. The van der Waals surface area contributed by atoms with E-state index in [1.165, 1.54) is 0 Å². The number of hydrogen-bond acceptors (Lipinski definition) is 5. The first-order chi connectivity index (χ1) is 9.13. The molecule has 2 aromatic rings. The summed E-state index contributed by atoms with van der Waals surface area (Å²) in [5, 5.41) is 11.8. The van der Waals surface area contributed by atoms with E-state index in [1.54, 1.807) is 11.8 Å². The molecule has 0 aliphatic carbocycles. The van der Waals surface area contributed by atoms with E-state index in [0.29, 0.717) is 30.6 Å². The average molecular weight is 326 g/mol. The monoisotopic (exact) mass is 325 g/mol. The number of nitrogens with two attached hydrogens (primary N) is 1. The van der Waals surface area contributed by atoms with Crippen LogP contribution in [0.5, 0.6) is 0 Å². The molecule has 0 fully saturated rings. The van der Waals surface area contributed by atoms with Gasteiger partial charge in [0.25, 0.3) is 0 Å². The number of rotatable bonds is 5. The van der Waals surface area contributed by atoms with Crippen LogP contribution in [0, 0.1) is 5.92 Å². The Morgan fingerprint density at radius 1 is 1.47 bits per heavy atom. The van der Waals surface area contributed by atoms with Crippen molar-refractivity contribution in [3.05, 3.63) is 22.7 Å². The van der Waals surface area contributed by atoms with E-state index in [-0.39, 0.29) is 0 Å². The van der Waals surface area contributed by atoms with Crippen LogP contribution in [0.2, 0.25) is 0 Å². The molecule has 0 saturated carbocycles. The minimum absolute atomic E-state index is 0.326. The van der Waals surface area contributed by atoms with Crippen molar-refractivity contribution < 1.29 is 4.74 Å². The summed E-state index contributed by atoms with van der Waals surface area (Å²) in [4.78, 5) is 0. The third-order valence-electron chi connectivity index (χ3n) is 2.74. The molecule has 0 aliphatic rings. The molecule has 0 aliphatic heterocycles. The van der Waals surface area contributed by atoms with E-state index < -0.39 is 0 Å². The average Bonchev–Trinajstić information content (AvgIpc) is 2.81. The van der Waals surface area contributed by atoms with E-state index in [1.807, 2.05) is 18.2 Å². The van der Waals surface area contributed by atoms with E-state index in [0.717, 1.165) is 10.0 Å².